The van der Waals surface area contributed by atoms with Crippen LogP contribution in [0.15, 0.2) is 31.0 Å². The summed E-state index contributed by atoms with van der Waals surface area (Å²) in [5, 5.41) is 3.21. The summed E-state index contributed by atoms with van der Waals surface area (Å²) in [5.41, 5.74) is 1.03. The Bertz CT molecular complexity index is 269. The Morgan fingerprint density at radius 1 is 1.57 bits per heavy atom. The van der Waals surface area contributed by atoms with Gasteiger partial charge in [-0.05, 0) is 18.7 Å². The van der Waals surface area contributed by atoms with Gasteiger partial charge in [0.1, 0.15) is 12.4 Å². The van der Waals surface area contributed by atoms with Gasteiger partial charge in [-0.25, -0.2) is 0 Å². The minimum atomic E-state index is 0.522. The number of rotatable bonds is 6. The molecule has 1 aromatic rings. The molecule has 3 nitrogen and oxygen atoms in total. The first-order chi connectivity index (χ1) is 6.86. The highest BCUT2D eigenvalue weighted by Crippen LogP contribution is 2.08. The van der Waals surface area contributed by atoms with Gasteiger partial charge in [-0.15, -0.1) is 0 Å². The van der Waals surface area contributed by atoms with Gasteiger partial charge < -0.3 is 10.1 Å². The van der Waals surface area contributed by atoms with E-state index in [2.05, 4.69) is 23.8 Å². The molecule has 0 aromatic carbocycles. The lowest BCUT2D eigenvalue weighted by Crippen LogP contribution is -2.12. The van der Waals surface area contributed by atoms with E-state index in [1.165, 1.54) is 0 Å². The third-order valence-electron chi connectivity index (χ3n) is 1.72. The summed E-state index contributed by atoms with van der Waals surface area (Å²) in [6, 6.07) is 3.88. The van der Waals surface area contributed by atoms with Crippen molar-refractivity contribution < 1.29 is 4.74 Å². The molecule has 0 bridgehead atoms. The number of pyridine rings is 1. The molecule has 14 heavy (non-hydrogen) atoms. The van der Waals surface area contributed by atoms with Gasteiger partial charge in [0.05, 0.1) is 11.9 Å². The average molecular weight is 192 g/mol. The smallest absolute Gasteiger partial charge is 0.138 e. The highest BCUT2D eigenvalue weighted by molar-refractivity contribution is 5.19. The molecule has 0 saturated heterocycles. The second-order valence-electron chi connectivity index (χ2n) is 2.87. The van der Waals surface area contributed by atoms with Gasteiger partial charge in [-0.3, -0.25) is 4.98 Å². The molecule has 0 fully saturated rings. The molecule has 0 atom stereocenters. The SMILES string of the molecule is C=CCOc1ccc(CNCC)nc1. The van der Waals surface area contributed by atoms with Gasteiger partial charge in [-0.2, -0.15) is 0 Å². The molecule has 0 radical (unpaired) electrons. The normalized spacial score (nSPS) is 9.79. The Hall–Kier alpha value is -1.35. The molecule has 76 valence electrons. The Labute approximate surface area is 84.8 Å². The summed E-state index contributed by atoms with van der Waals surface area (Å²) in [4.78, 5) is 4.25. The van der Waals surface area contributed by atoms with Crippen molar-refractivity contribution in [1.29, 1.82) is 0 Å². The highest BCUT2D eigenvalue weighted by atomic mass is 16.5. The largest absolute Gasteiger partial charge is 0.488 e. The summed E-state index contributed by atoms with van der Waals surface area (Å²) in [6.07, 6.45) is 3.45. The first-order valence-corrected chi connectivity index (χ1v) is 4.76. The van der Waals surface area contributed by atoms with Gasteiger partial charge in [0.15, 0.2) is 0 Å². The quantitative estimate of drug-likeness (QED) is 0.697. The van der Waals surface area contributed by atoms with Crippen molar-refractivity contribution in [3.63, 3.8) is 0 Å². The third kappa shape index (κ3) is 3.58. The first kappa shape index (κ1) is 10.7. The van der Waals surface area contributed by atoms with Gasteiger partial charge >= 0.3 is 0 Å². The van der Waals surface area contributed by atoms with Gasteiger partial charge in [0.25, 0.3) is 0 Å². The zero-order valence-corrected chi connectivity index (χ0v) is 8.49. The first-order valence-electron chi connectivity index (χ1n) is 4.76. The zero-order valence-electron chi connectivity index (χ0n) is 8.49. The topological polar surface area (TPSA) is 34.1 Å². The van der Waals surface area contributed by atoms with Crippen LogP contribution in [0.3, 0.4) is 0 Å². The van der Waals surface area contributed by atoms with Gasteiger partial charge in [0.2, 0.25) is 0 Å². The van der Waals surface area contributed by atoms with Crippen molar-refractivity contribution in [2.24, 2.45) is 0 Å². The maximum atomic E-state index is 5.31. The van der Waals surface area contributed by atoms with Crippen LogP contribution in [0.2, 0.25) is 0 Å². The summed E-state index contributed by atoms with van der Waals surface area (Å²) in [5.74, 6) is 0.783. The number of hydrogen-bond donors (Lipinski definition) is 1. The van der Waals surface area contributed by atoms with Crippen LogP contribution in [0.25, 0.3) is 0 Å². The Kier molecular flexibility index (Phi) is 4.72. The molecule has 0 amide bonds. The minimum absolute atomic E-state index is 0.522. The molecule has 0 aliphatic carbocycles. The van der Waals surface area contributed by atoms with E-state index >= 15 is 0 Å². The van der Waals surface area contributed by atoms with E-state index in [-0.39, 0.29) is 0 Å². The molecule has 1 aromatic heterocycles. The van der Waals surface area contributed by atoms with Crippen LogP contribution in [0.1, 0.15) is 12.6 Å². The molecule has 3 heteroatoms. The van der Waals surface area contributed by atoms with E-state index in [9.17, 15) is 0 Å². The summed E-state index contributed by atoms with van der Waals surface area (Å²) in [6.45, 7) is 7.93. The molecule has 1 rings (SSSR count). The van der Waals surface area contributed by atoms with Gasteiger partial charge in [-0.1, -0.05) is 19.6 Å². The van der Waals surface area contributed by atoms with Crippen LogP contribution in [-0.2, 0) is 6.54 Å². The monoisotopic (exact) mass is 192 g/mol. The summed E-state index contributed by atoms with van der Waals surface area (Å²) in [7, 11) is 0. The maximum Gasteiger partial charge on any atom is 0.138 e. The second kappa shape index (κ2) is 6.16. The van der Waals surface area contributed by atoms with Crippen LogP contribution in [-0.4, -0.2) is 18.1 Å². The molecule has 0 unspecified atom stereocenters. The van der Waals surface area contributed by atoms with Crippen molar-refractivity contribution in [1.82, 2.24) is 10.3 Å². The van der Waals surface area contributed by atoms with Crippen molar-refractivity contribution in [3.05, 3.63) is 36.7 Å². The third-order valence-corrected chi connectivity index (χ3v) is 1.72. The average Bonchev–Trinajstić information content (AvgIpc) is 2.25. The molecule has 1 N–H and O–H groups in total. The number of hydrogen-bond acceptors (Lipinski definition) is 3. The predicted molar refractivity (Wildman–Crippen MR) is 57.3 cm³/mol. The van der Waals surface area contributed by atoms with Crippen LogP contribution in [0.5, 0.6) is 5.75 Å². The summed E-state index contributed by atoms with van der Waals surface area (Å²) >= 11 is 0. The minimum Gasteiger partial charge on any atom is -0.488 e. The van der Waals surface area contributed by atoms with E-state index in [1.54, 1.807) is 12.3 Å². The molecule has 0 aliphatic rings. The molecule has 0 spiro atoms. The molecular weight excluding hydrogens is 176 g/mol. The highest BCUT2D eigenvalue weighted by Gasteiger charge is 1.95. The fraction of sp³-hybridized carbons (Fsp3) is 0.364. The molecular formula is C11H16N2O. The Balaban J connectivity index is 2.46. The van der Waals surface area contributed by atoms with E-state index in [4.69, 9.17) is 4.74 Å². The van der Waals surface area contributed by atoms with E-state index in [1.807, 2.05) is 12.1 Å². The Morgan fingerprint density at radius 2 is 2.43 bits per heavy atom. The lowest BCUT2D eigenvalue weighted by atomic mass is 10.3. The van der Waals surface area contributed by atoms with Crippen LogP contribution in [0, 0.1) is 0 Å². The van der Waals surface area contributed by atoms with E-state index in [0.717, 1.165) is 24.5 Å². The number of ether oxygens (including phenoxy) is 1. The maximum absolute atomic E-state index is 5.31. The number of nitrogens with one attached hydrogen (secondary N) is 1. The lowest BCUT2D eigenvalue weighted by molar-refractivity contribution is 0.361. The number of nitrogens with zero attached hydrogens (tertiary/aromatic N) is 1. The molecule has 0 aliphatic heterocycles. The fourth-order valence-corrected chi connectivity index (χ4v) is 1.01. The zero-order chi connectivity index (χ0) is 10.2. The van der Waals surface area contributed by atoms with Crippen molar-refractivity contribution in [2.75, 3.05) is 13.2 Å². The van der Waals surface area contributed by atoms with Crippen molar-refractivity contribution in [3.8, 4) is 5.75 Å². The second-order valence-corrected chi connectivity index (χ2v) is 2.87. The number of aromatic nitrogens is 1. The van der Waals surface area contributed by atoms with Crippen LogP contribution in [0.4, 0.5) is 0 Å². The van der Waals surface area contributed by atoms with Gasteiger partial charge in [0, 0.05) is 6.54 Å². The van der Waals surface area contributed by atoms with Crippen LogP contribution >= 0.6 is 0 Å². The van der Waals surface area contributed by atoms with Crippen molar-refractivity contribution in [2.45, 2.75) is 13.5 Å². The predicted octanol–water partition coefficient (Wildman–Crippen LogP) is 1.76. The summed E-state index contributed by atoms with van der Waals surface area (Å²) < 4.78 is 5.31. The van der Waals surface area contributed by atoms with E-state index in [0.29, 0.717) is 6.61 Å². The van der Waals surface area contributed by atoms with Crippen LogP contribution < -0.4 is 10.1 Å². The fourth-order valence-electron chi connectivity index (χ4n) is 1.01. The Morgan fingerprint density at radius 3 is 3.00 bits per heavy atom. The lowest BCUT2D eigenvalue weighted by Gasteiger charge is -2.04. The molecule has 1 heterocycles. The van der Waals surface area contributed by atoms with Crippen molar-refractivity contribution >= 4 is 0 Å². The molecule has 0 saturated carbocycles. The standard InChI is InChI=1S/C11H16N2O/c1-3-7-14-11-6-5-10(13-9-11)8-12-4-2/h3,5-6,9,12H,1,4,7-8H2,2H3. The van der Waals surface area contributed by atoms with E-state index < -0.39 is 0 Å².